The Hall–Kier alpha value is -2.49. The number of nitrogens with zero attached hydrogens (tertiary/aromatic N) is 2. The number of hydrogen-bond donors (Lipinski definition) is 0. The highest BCUT2D eigenvalue weighted by Crippen LogP contribution is 2.26. The summed E-state index contributed by atoms with van der Waals surface area (Å²) < 4.78 is 5.57. The molecule has 0 radical (unpaired) electrons. The van der Waals surface area contributed by atoms with Gasteiger partial charge in [0.25, 0.3) is 0 Å². The Morgan fingerprint density at radius 2 is 1.84 bits per heavy atom. The second-order valence-corrected chi connectivity index (χ2v) is 4.22. The van der Waals surface area contributed by atoms with E-state index >= 15 is 0 Å². The van der Waals surface area contributed by atoms with Gasteiger partial charge in [-0.3, -0.25) is 0 Å². The van der Waals surface area contributed by atoms with Crippen molar-refractivity contribution in [3.63, 3.8) is 0 Å². The molecule has 3 nitrogen and oxygen atoms in total. The molecule has 2 aromatic rings. The van der Waals surface area contributed by atoms with Crippen LogP contribution in [0.4, 0.5) is 0 Å². The lowest BCUT2D eigenvalue weighted by Crippen LogP contribution is -1.98. The van der Waals surface area contributed by atoms with Crippen molar-refractivity contribution in [3.8, 4) is 17.9 Å². The second-order valence-electron chi connectivity index (χ2n) is 3.81. The first-order valence-corrected chi connectivity index (χ1v) is 5.93. The van der Waals surface area contributed by atoms with Crippen LogP contribution in [-0.2, 0) is 6.61 Å². The van der Waals surface area contributed by atoms with Gasteiger partial charge in [0.15, 0.2) is 0 Å². The average molecular weight is 269 g/mol. The first kappa shape index (κ1) is 13.0. The molecule has 19 heavy (non-hydrogen) atoms. The fourth-order valence-corrected chi connectivity index (χ4v) is 1.83. The van der Waals surface area contributed by atoms with Gasteiger partial charge in [-0.25, -0.2) is 0 Å². The molecule has 0 saturated carbocycles. The molecule has 0 aliphatic rings. The van der Waals surface area contributed by atoms with Crippen LogP contribution in [0.25, 0.3) is 0 Å². The maximum Gasteiger partial charge on any atom is 0.138 e. The predicted molar refractivity (Wildman–Crippen MR) is 71.7 cm³/mol. The van der Waals surface area contributed by atoms with Gasteiger partial charge in [-0.05, 0) is 24.3 Å². The lowest BCUT2D eigenvalue weighted by atomic mass is 10.1. The molecule has 0 amide bonds. The molecule has 0 N–H and O–H groups in total. The van der Waals surface area contributed by atoms with Crippen molar-refractivity contribution < 1.29 is 4.74 Å². The largest absolute Gasteiger partial charge is 0.487 e. The van der Waals surface area contributed by atoms with Gasteiger partial charge in [-0.2, -0.15) is 10.5 Å². The Bertz CT molecular complexity index is 683. The quantitative estimate of drug-likeness (QED) is 0.853. The minimum Gasteiger partial charge on any atom is -0.487 e. The number of hydrogen-bond acceptors (Lipinski definition) is 3. The van der Waals surface area contributed by atoms with Gasteiger partial charge in [0, 0.05) is 5.56 Å². The van der Waals surface area contributed by atoms with Crippen LogP contribution in [0.3, 0.4) is 0 Å². The highest BCUT2D eigenvalue weighted by Gasteiger charge is 2.05. The minimum absolute atomic E-state index is 0.259. The van der Waals surface area contributed by atoms with Gasteiger partial charge in [0.1, 0.15) is 12.4 Å². The van der Waals surface area contributed by atoms with E-state index < -0.39 is 0 Å². The molecule has 0 fully saturated rings. The maximum atomic E-state index is 8.97. The van der Waals surface area contributed by atoms with Crippen molar-refractivity contribution in [2.75, 3.05) is 0 Å². The number of halogens is 1. The van der Waals surface area contributed by atoms with E-state index in [1.54, 1.807) is 30.3 Å². The molecular formula is C15H9ClN2O. The Kier molecular flexibility index (Phi) is 4.03. The fraction of sp³-hybridized carbons (Fsp3) is 0.0667. The van der Waals surface area contributed by atoms with E-state index in [-0.39, 0.29) is 6.61 Å². The van der Waals surface area contributed by atoms with E-state index in [4.69, 9.17) is 26.9 Å². The summed E-state index contributed by atoms with van der Waals surface area (Å²) >= 11 is 6.01. The van der Waals surface area contributed by atoms with Crippen molar-refractivity contribution in [3.05, 3.63) is 64.2 Å². The summed E-state index contributed by atoms with van der Waals surface area (Å²) in [5, 5.41) is 18.1. The van der Waals surface area contributed by atoms with Crippen LogP contribution < -0.4 is 4.74 Å². The third-order valence-electron chi connectivity index (χ3n) is 2.58. The molecule has 0 spiro atoms. The SMILES string of the molecule is N#Cc1ccc(OCc2ccccc2C#N)c(Cl)c1. The molecule has 2 rings (SSSR count). The summed E-state index contributed by atoms with van der Waals surface area (Å²) in [6.07, 6.45) is 0. The van der Waals surface area contributed by atoms with E-state index in [9.17, 15) is 0 Å². The zero-order chi connectivity index (χ0) is 13.7. The van der Waals surface area contributed by atoms with Gasteiger partial charge >= 0.3 is 0 Å². The van der Waals surface area contributed by atoms with Gasteiger partial charge < -0.3 is 4.74 Å². The Morgan fingerprint density at radius 1 is 1.05 bits per heavy atom. The summed E-state index contributed by atoms with van der Waals surface area (Å²) in [7, 11) is 0. The standard InChI is InChI=1S/C15H9ClN2O/c16-14-7-11(8-17)5-6-15(14)19-10-13-4-2-1-3-12(13)9-18/h1-7H,10H2. The van der Waals surface area contributed by atoms with Crippen LogP contribution in [0.1, 0.15) is 16.7 Å². The Balaban J connectivity index is 2.16. The summed E-state index contributed by atoms with van der Waals surface area (Å²) in [6, 6.07) is 16.2. The molecule has 0 bridgehead atoms. The smallest absolute Gasteiger partial charge is 0.138 e. The highest BCUT2D eigenvalue weighted by molar-refractivity contribution is 6.32. The number of rotatable bonds is 3. The van der Waals surface area contributed by atoms with Crippen molar-refractivity contribution in [2.24, 2.45) is 0 Å². The first-order valence-electron chi connectivity index (χ1n) is 5.55. The number of benzene rings is 2. The van der Waals surface area contributed by atoms with E-state index in [0.717, 1.165) is 5.56 Å². The summed E-state index contributed by atoms with van der Waals surface area (Å²) in [5.41, 5.74) is 1.85. The molecular weight excluding hydrogens is 260 g/mol. The molecule has 0 aromatic heterocycles. The van der Waals surface area contributed by atoms with Crippen LogP contribution in [0.15, 0.2) is 42.5 Å². The normalized spacial score (nSPS) is 9.42. The molecule has 4 heteroatoms. The molecule has 0 aliphatic carbocycles. The van der Waals surface area contributed by atoms with Crippen LogP contribution >= 0.6 is 11.6 Å². The first-order chi connectivity index (χ1) is 9.24. The Labute approximate surface area is 116 Å². The average Bonchev–Trinajstić information content (AvgIpc) is 2.46. The van der Waals surface area contributed by atoms with E-state index in [2.05, 4.69) is 6.07 Å². The highest BCUT2D eigenvalue weighted by atomic mass is 35.5. The molecule has 2 aromatic carbocycles. The van der Waals surface area contributed by atoms with Gasteiger partial charge in [0.2, 0.25) is 0 Å². The van der Waals surface area contributed by atoms with Crippen molar-refractivity contribution in [1.82, 2.24) is 0 Å². The zero-order valence-corrected chi connectivity index (χ0v) is 10.7. The fourth-order valence-electron chi connectivity index (χ4n) is 1.60. The zero-order valence-electron chi connectivity index (χ0n) is 9.93. The number of ether oxygens (including phenoxy) is 1. The molecule has 92 valence electrons. The van der Waals surface area contributed by atoms with Crippen LogP contribution in [0.5, 0.6) is 5.75 Å². The third kappa shape index (κ3) is 3.04. The monoisotopic (exact) mass is 268 g/mol. The van der Waals surface area contributed by atoms with Crippen LogP contribution in [0, 0.1) is 22.7 Å². The lowest BCUT2D eigenvalue weighted by Gasteiger charge is -2.09. The lowest BCUT2D eigenvalue weighted by molar-refractivity contribution is 0.306. The van der Waals surface area contributed by atoms with E-state index in [1.165, 1.54) is 0 Å². The van der Waals surface area contributed by atoms with E-state index in [1.807, 2.05) is 18.2 Å². The predicted octanol–water partition coefficient (Wildman–Crippen LogP) is 3.66. The number of nitriles is 2. The third-order valence-corrected chi connectivity index (χ3v) is 2.88. The molecule has 0 heterocycles. The van der Waals surface area contributed by atoms with Crippen molar-refractivity contribution in [1.29, 1.82) is 10.5 Å². The summed E-state index contributed by atoms with van der Waals surface area (Å²) in [6.45, 7) is 0.259. The minimum atomic E-state index is 0.259. The van der Waals surface area contributed by atoms with Crippen molar-refractivity contribution >= 4 is 11.6 Å². The maximum absolute atomic E-state index is 8.97. The van der Waals surface area contributed by atoms with Crippen molar-refractivity contribution in [2.45, 2.75) is 6.61 Å². The molecule has 0 unspecified atom stereocenters. The van der Waals surface area contributed by atoms with E-state index in [0.29, 0.717) is 21.9 Å². The molecule has 0 atom stereocenters. The Morgan fingerprint density at radius 3 is 2.53 bits per heavy atom. The van der Waals surface area contributed by atoms with Crippen LogP contribution in [-0.4, -0.2) is 0 Å². The van der Waals surface area contributed by atoms with Gasteiger partial charge in [-0.15, -0.1) is 0 Å². The van der Waals surface area contributed by atoms with Gasteiger partial charge in [-0.1, -0.05) is 29.8 Å². The topological polar surface area (TPSA) is 56.8 Å². The summed E-state index contributed by atoms with van der Waals surface area (Å²) in [4.78, 5) is 0. The molecule has 0 saturated heterocycles. The molecule has 0 aliphatic heterocycles. The van der Waals surface area contributed by atoms with Gasteiger partial charge in [0.05, 0.1) is 28.3 Å². The second kappa shape index (κ2) is 5.91. The summed E-state index contributed by atoms with van der Waals surface area (Å²) in [5.74, 6) is 0.494. The van der Waals surface area contributed by atoms with Crippen LogP contribution in [0.2, 0.25) is 5.02 Å².